The number of hydrogen-bond acceptors (Lipinski definition) is 4. The SMILES string of the molecule is Nc1ccc2nc(N3CCCCC3CO)[nH]c2c1. The van der Waals surface area contributed by atoms with E-state index in [1.54, 1.807) is 0 Å². The second kappa shape index (κ2) is 4.49. The first-order chi connectivity index (χ1) is 8.78. The van der Waals surface area contributed by atoms with Crippen molar-refractivity contribution in [3.05, 3.63) is 18.2 Å². The standard InChI is InChI=1S/C13H18N4O/c14-9-4-5-11-12(7-9)16-13(15-11)17-6-2-1-3-10(17)8-18/h4-5,7,10,18H,1-3,6,8,14H2,(H,15,16). The summed E-state index contributed by atoms with van der Waals surface area (Å²) < 4.78 is 0. The number of aromatic amines is 1. The molecule has 1 unspecified atom stereocenters. The maximum absolute atomic E-state index is 9.44. The van der Waals surface area contributed by atoms with Gasteiger partial charge in [0.25, 0.3) is 0 Å². The van der Waals surface area contributed by atoms with Gasteiger partial charge >= 0.3 is 0 Å². The molecule has 0 spiro atoms. The summed E-state index contributed by atoms with van der Waals surface area (Å²) in [6.07, 6.45) is 3.35. The third-order valence-electron chi connectivity index (χ3n) is 3.60. The highest BCUT2D eigenvalue weighted by molar-refractivity contribution is 5.80. The minimum atomic E-state index is 0.177. The van der Waals surface area contributed by atoms with Crippen molar-refractivity contribution < 1.29 is 5.11 Å². The Morgan fingerprint density at radius 3 is 3.17 bits per heavy atom. The van der Waals surface area contributed by atoms with Gasteiger partial charge in [-0.05, 0) is 37.5 Å². The number of H-pyrrole nitrogens is 1. The van der Waals surface area contributed by atoms with E-state index in [2.05, 4.69) is 14.9 Å². The van der Waals surface area contributed by atoms with Gasteiger partial charge in [0, 0.05) is 12.2 Å². The maximum atomic E-state index is 9.44. The van der Waals surface area contributed by atoms with Crippen molar-refractivity contribution in [3.8, 4) is 0 Å². The van der Waals surface area contributed by atoms with Crippen molar-refractivity contribution in [3.63, 3.8) is 0 Å². The minimum absolute atomic E-state index is 0.177. The fourth-order valence-corrected chi connectivity index (χ4v) is 2.62. The quantitative estimate of drug-likeness (QED) is 0.702. The predicted octanol–water partition coefficient (Wildman–Crippen LogP) is 1.50. The molecule has 5 heteroatoms. The van der Waals surface area contributed by atoms with E-state index in [0.29, 0.717) is 0 Å². The van der Waals surface area contributed by atoms with E-state index in [1.807, 2.05) is 18.2 Å². The van der Waals surface area contributed by atoms with Gasteiger partial charge in [-0.25, -0.2) is 4.98 Å². The molecular formula is C13H18N4O. The van der Waals surface area contributed by atoms with Crippen LogP contribution in [0.15, 0.2) is 18.2 Å². The number of aliphatic hydroxyl groups is 1. The number of nitrogens with zero attached hydrogens (tertiary/aromatic N) is 2. The molecule has 5 nitrogen and oxygen atoms in total. The molecule has 0 amide bonds. The third kappa shape index (κ3) is 1.90. The van der Waals surface area contributed by atoms with E-state index < -0.39 is 0 Å². The summed E-state index contributed by atoms with van der Waals surface area (Å²) >= 11 is 0. The van der Waals surface area contributed by atoms with Gasteiger partial charge in [-0.1, -0.05) is 0 Å². The topological polar surface area (TPSA) is 78.2 Å². The third-order valence-corrected chi connectivity index (χ3v) is 3.60. The fraction of sp³-hybridized carbons (Fsp3) is 0.462. The molecule has 0 aliphatic carbocycles. The zero-order chi connectivity index (χ0) is 12.5. The number of hydrogen-bond donors (Lipinski definition) is 3. The number of nitrogens with one attached hydrogen (secondary N) is 1. The second-order valence-corrected chi connectivity index (χ2v) is 4.86. The van der Waals surface area contributed by atoms with Crippen molar-refractivity contribution in [2.75, 3.05) is 23.8 Å². The molecular weight excluding hydrogens is 228 g/mol. The average molecular weight is 246 g/mol. The lowest BCUT2D eigenvalue weighted by Gasteiger charge is -2.34. The molecule has 1 saturated heterocycles. The Balaban J connectivity index is 1.97. The Hall–Kier alpha value is -1.75. The number of rotatable bonds is 2. The molecule has 1 fully saturated rings. The van der Waals surface area contributed by atoms with E-state index >= 15 is 0 Å². The maximum Gasteiger partial charge on any atom is 0.204 e. The predicted molar refractivity (Wildman–Crippen MR) is 72.6 cm³/mol. The summed E-state index contributed by atoms with van der Waals surface area (Å²) in [5.41, 5.74) is 8.36. The Bertz CT molecular complexity index is 551. The summed E-state index contributed by atoms with van der Waals surface area (Å²) in [5, 5.41) is 9.44. The molecule has 0 saturated carbocycles. The van der Waals surface area contributed by atoms with Crippen molar-refractivity contribution in [1.82, 2.24) is 9.97 Å². The van der Waals surface area contributed by atoms with Gasteiger partial charge in [0.05, 0.1) is 23.7 Å². The fourth-order valence-electron chi connectivity index (χ4n) is 2.62. The van der Waals surface area contributed by atoms with E-state index in [9.17, 15) is 5.11 Å². The van der Waals surface area contributed by atoms with Crippen LogP contribution in [0, 0.1) is 0 Å². The molecule has 2 aromatic rings. The smallest absolute Gasteiger partial charge is 0.204 e. The molecule has 18 heavy (non-hydrogen) atoms. The minimum Gasteiger partial charge on any atom is -0.399 e. The van der Waals surface area contributed by atoms with Gasteiger partial charge in [-0.2, -0.15) is 0 Å². The highest BCUT2D eigenvalue weighted by Crippen LogP contribution is 2.25. The van der Waals surface area contributed by atoms with Crippen LogP contribution in [0.1, 0.15) is 19.3 Å². The number of aromatic nitrogens is 2. The molecule has 1 atom stereocenters. The molecule has 1 aliphatic heterocycles. The van der Waals surface area contributed by atoms with Gasteiger partial charge in [0.15, 0.2) is 0 Å². The number of anilines is 2. The van der Waals surface area contributed by atoms with Crippen LogP contribution in [0.3, 0.4) is 0 Å². The van der Waals surface area contributed by atoms with Gasteiger partial charge in [-0.15, -0.1) is 0 Å². The summed E-state index contributed by atoms with van der Waals surface area (Å²) in [7, 11) is 0. The Morgan fingerprint density at radius 1 is 1.44 bits per heavy atom. The zero-order valence-corrected chi connectivity index (χ0v) is 10.3. The lowest BCUT2D eigenvalue weighted by atomic mass is 10.0. The number of imidazole rings is 1. The van der Waals surface area contributed by atoms with Crippen molar-refractivity contribution in [1.29, 1.82) is 0 Å². The van der Waals surface area contributed by atoms with Crippen LogP contribution in [0.2, 0.25) is 0 Å². The summed E-state index contributed by atoms with van der Waals surface area (Å²) in [5.74, 6) is 0.842. The average Bonchev–Trinajstić information content (AvgIpc) is 2.81. The van der Waals surface area contributed by atoms with Gasteiger partial charge in [-0.3, -0.25) is 0 Å². The van der Waals surface area contributed by atoms with Gasteiger partial charge in [0.2, 0.25) is 5.95 Å². The number of piperidine rings is 1. The van der Waals surface area contributed by atoms with Crippen molar-refractivity contribution in [2.45, 2.75) is 25.3 Å². The molecule has 1 aromatic carbocycles. The number of nitrogens with two attached hydrogens (primary N) is 1. The first-order valence-electron chi connectivity index (χ1n) is 6.40. The van der Waals surface area contributed by atoms with Crippen molar-refractivity contribution in [2.24, 2.45) is 0 Å². The Labute approximate surface area is 106 Å². The molecule has 4 N–H and O–H groups in total. The van der Waals surface area contributed by atoms with E-state index in [4.69, 9.17) is 5.73 Å². The van der Waals surface area contributed by atoms with Crippen LogP contribution in [-0.4, -0.2) is 34.3 Å². The van der Waals surface area contributed by atoms with Gasteiger partial charge in [0.1, 0.15) is 0 Å². The summed E-state index contributed by atoms with van der Waals surface area (Å²) in [6.45, 7) is 1.12. The summed E-state index contributed by atoms with van der Waals surface area (Å²) in [6, 6.07) is 5.84. The normalized spacial score (nSPS) is 20.5. The summed E-state index contributed by atoms with van der Waals surface area (Å²) in [4.78, 5) is 10.0. The lowest BCUT2D eigenvalue weighted by molar-refractivity contribution is 0.239. The number of fused-ring (bicyclic) bond motifs is 1. The van der Waals surface area contributed by atoms with Crippen LogP contribution in [0.25, 0.3) is 11.0 Å². The van der Waals surface area contributed by atoms with E-state index in [0.717, 1.165) is 42.1 Å². The van der Waals surface area contributed by atoms with Gasteiger partial charge < -0.3 is 20.7 Å². The molecule has 0 radical (unpaired) electrons. The molecule has 1 aromatic heterocycles. The van der Waals surface area contributed by atoms with Crippen molar-refractivity contribution >= 4 is 22.7 Å². The van der Waals surface area contributed by atoms with Crippen LogP contribution >= 0.6 is 0 Å². The second-order valence-electron chi connectivity index (χ2n) is 4.86. The molecule has 1 aliphatic rings. The number of benzene rings is 1. The molecule has 0 bridgehead atoms. The first kappa shape index (κ1) is 11.3. The largest absolute Gasteiger partial charge is 0.399 e. The molecule has 96 valence electrons. The number of aliphatic hydroxyl groups excluding tert-OH is 1. The monoisotopic (exact) mass is 246 g/mol. The van der Waals surface area contributed by atoms with Crippen LogP contribution in [-0.2, 0) is 0 Å². The Morgan fingerprint density at radius 2 is 2.33 bits per heavy atom. The lowest BCUT2D eigenvalue weighted by Crippen LogP contribution is -2.42. The molecule has 3 rings (SSSR count). The highest BCUT2D eigenvalue weighted by Gasteiger charge is 2.24. The van der Waals surface area contributed by atoms with Crippen LogP contribution in [0.4, 0.5) is 11.6 Å². The zero-order valence-electron chi connectivity index (χ0n) is 10.3. The Kier molecular flexibility index (Phi) is 2.83. The van der Waals surface area contributed by atoms with E-state index in [1.165, 1.54) is 6.42 Å². The van der Waals surface area contributed by atoms with E-state index in [-0.39, 0.29) is 12.6 Å². The first-order valence-corrected chi connectivity index (χ1v) is 6.40. The molecule has 2 heterocycles. The highest BCUT2D eigenvalue weighted by atomic mass is 16.3. The number of nitrogen functional groups attached to an aromatic ring is 1. The van der Waals surface area contributed by atoms with Crippen LogP contribution in [0.5, 0.6) is 0 Å². The van der Waals surface area contributed by atoms with Crippen LogP contribution < -0.4 is 10.6 Å².